The number of hydrogen-bond donors (Lipinski definition) is 1. The van der Waals surface area contributed by atoms with Crippen LogP contribution < -0.4 is 10.1 Å². The van der Waals surface area contributed by atoms with Crippen molar-refractivity contribution < 1.29 is 4.74 Å². The minimum absolute atomic E-state index is 0.445. The molecule has 5 heteroatoms. The van der Waals surface area contributed by atoms with Crippen LogP contribution in [0.15, 0.2) is 35.1 Å². The first-order chi connectivity index (χ1) is 9.60. The van der Waals surface area contributed by atoms with Gasteiger partial charge in [-0.05, 0) is 18.2 Å². The Morgan fingerprint density at radius 1 is 1.40 bits per heavy atom. The molecule has 2 rings (SSSR count). The Morgan fingerprint density at radius 3 is 2.90 bits per heavy atom. The van der Waals surface area contributed by atoms with Crippen LogP contribution in [-0.4, -0.2) is 22.7 Å². The van der Waals surface area contributed by atoms with Gasteiger partial charge < -0.3 is 14.6 Å². The zero-order valence-corrected chi connectivity index (χ0v) is 13.6. The SMILES string of the molecule is COc1ccc(Br)cc1Cn1ccnc1CNC(C)C. The standard InChI is InChI=1S/C15H20BrN3O/c1-11(2)18-9-15-17-6-7-19(15)10-12-8-13(16)4-5-14(12)20-3/h4-8,11,18H,9-10H2,1-3H3. The second kappa shape index (κ2) is 6.90. The Morgan fingerprint density at radius 2 is 2.20 bits per heavy atom. The van der Waals surface area contributed by atoms with Gasteiger partial charge in [-0.15, -0.1) is 0 Å². The fourth-order valence-corrected chi connectivity index (χ4v) is 2.41. The number of imidazole rings is 1. The van der Waals surface area contributed by atoms with E-state index in [0.717, 1.165) is 34.7 Å². The van der Waals surface area contributed by atoms with E-state index < -0.39 is 0 Å². The molecule has 0 bridgehead atoms. The fraction of sp³-hybridized carbons (Fsp3) is 0.400. The number of halogens is 1. The highest BCUT2D eigenvalue weighted by Gasteiger charge is 2.08. The number of aromatic nitrogens is 2. The second-order valence-corrected chi connectivity index (χ2v) is 5.88. The summed E-state index contributed by atoms with van der Waals surface area (Å²) in [5.41, 5.74) is 1.13. The highest BCUT2D eigenvalue weighted by Crippen LogP contribution is 2.24. The molecule has 0 amide bonds. The molecule has 108 valence electrons. The molecular formula is C15H20BrN3O. The van der Waals surface area contributed by atoms with Crippen LogP contribution in [0.2, 0.25) is 0 Å². The molecule has 0 radical (unpaired) electrons. The molecule has 0 fully saturated rings. The van der Waals surface area contributed by atoms with Gasteiger partial charge in [0.05, 0.1) is 20.2 Å². The summed E-state index contributed by atoms with van der Waals surface area (Å²) in [5.74, 6) is 1.92. The summed E-state index contributed by atoms with van der Waals surface area (Å²) >= 11 is 3.51. The van der Waals surface area contributed by atoms with E-state index in [1.807, 2.05) is 24.5 Å². The third-order valence-corrected chi connectivity index (χ3v) is 3.55. The maximum Gasteiger partial charge on any atom is 0.123 e. The second-order valence-electron chi connectivity index (χ2n) is 4.96. The molecule has 0 aliphatic carbocycles. The van der Waals surface area contributed by atoms with E-state index in [2.05, 4.69) is 50.7 Å². The molecule has 0 spiro atoms. The number of nitrogens with zero attached hydrogens (tertiary/aromatic N) is 2. The minimum atomic E-state index is 0.445. The average Bonchev–Trinajstić information content (AvgIpc) is 2.84. The summed E-state index contributed by atoms with van der Waals surface area (Å²) in [7, 11) is 1.70. The van der Waals surface area contributed by atoms with E-state index in [9.17, 15) is 0 Å². The summed E-state index contributed by atoms with van der Waals surface area (Å²) < 4.78 is 8.61. The predicted octanol–water partition coefficient (Wildman–Crippen LogP) is 3.20. The van der Waals surface area contributed by atoms with Crippen molar-refractivity contribution in [2.45, 2.75) is 33.0 Å². The van der Waals surface area contributed by atoms with Crippen molar-refractivity contribution in [3.63, 3.8) is 0 Å². The number of nitrogens with one attached hydrogen (secondary N) is 1. The first kappa shape index (κ1) is 15.1. The van der Waals surface area contributed by atoms with E-state index in [1.165, 1.54) is 0 Å². The molecule has 1 aromatic carbocycles. The summed E-state index contributed by atoms with van der Waals surface area (Å²) in [4.78, 5) is 4.41. The molecule has 0 saturated heterocycles. The van der Waals surface area contributed by atoms with Crippen molar-refractivity contribution in [3.05, 3.63) is 46.5 Å². The van der Waals surface area contributed by atoms with Crippen LogP contribution >= 0.6 is 15.9 Å². The molecule has 0 unspecified atom stereocenters. The summed E-state index contributed by atoms with van der Waals surface area (Å²) in [6.45, 7) is 5.77. The Balaban J connectivity index is 2.18. The van der Waals surface area contributed by atoms with Crippen LogP contribution in [0.25, 0.3) is 0 Å². The number of hydrogen-bond acceptors (Lipinski definition) is 3. The monoisotopic (exact) mass is 337 g/mol. The van der Waals surface area contributed by atoms with E-state index in [1.54, 1.807) is 7.11 Å². The molecule has 1 aromatic heterocycles. The van der Waals surface area contributed by atoms with Crippen LogP contribution in [0, 0.1) is 0 Å². The molecule has 1 N–H and O–H groups in total. The Bertz CT molecular complexity index is 566. The number of ether oxygens (including phenoxy) is 1. The fourth-order valence-electron chi connectivity index (χ4n) is 2.00. The quantitative estimate of drug-likeness (QED) is 0.879. The number of rotatable bonds is 6. The van der Waals surface area contributed by atoms with Gasteiger partial charge in [0.25, 0.3) is 0 Å². The minimum Gasteiger partial charge on any atom is -0.496 e. The van der Waals surface area contributed by atoms with Crippen molar-refractivity contribution in [2.24, 2.45) is 0 Å². The molecule has 0 aliphatic rings. The first-order valence-electron chi connectivity index (χ1n) is 6.66. The maximum absolute atomic E-state index is 5.42. The zero-order valence-electron chi connectivity index (χ0n) is 12.1. The lowest BCUT2D eigenvalue weighted by Gasteiger charge is -2.13. The van der Waals surface area contributed by atoms with Gasteiger partial charge in [0.15, 0.2) is 0 Å². The summed E-state index contributed by atoms with van der Waals surface area (Å²) in [6, 6.07) is 6.48. The van der Waals surface area contributed by atoms with Crippen LogP contribution in [0.3, 0.4) is 0 Å². The zero-order chi connectivity index (χ0) is 14.5. The van der Waals surface area contributed by atoms with Gasteiger partial charge in [-0.25, -0.2) is 4.98 Å². The average molecular weight is 338 g/mol. The Labute approximate surface area is 128 Å². The number of methoxy groups -OCH3 is 1. The third kappa shape index (κ3) is 3.84. The van der Waals surface area contributed by atoms with E-state index >= 15 is 0 Å². The Kier molecular flexibility index (Phi) is 5.20. The smallest absolute Gasteiger partial charge is 0.123 e. The molecule has 4 nitrogen and oxygen atoms in total. The van der Waals surface area contributed by atoms with E-state index in [0.29, 0.717) is 6.04 Å². The van der Waals surface area contributed by atoms with Crippen molar-refractivity contribution in [1.29, 1.82) is 0 Å². The van der Waals surface area contributed by atoms with Gasteiger partial charge in [0, 0.05) is 28.5 Å². The summed E-state index contributed by atoms with van der Waals surface area (Å²) in [5, 5.41) is 3.39. The highest BCUT2D eigenvalue weighted by atomic mass is 79.9. The normalized spacial score (nSPS) is 11.1. The molecule has 0 saturated carbocycles. The van der Waals surface area contributed by atoms with Gasteiger partial charge in [0.1, 0.15) is 11.6 Å². The topological polar surface area (TPSA) is 39.1 Å². The molecular weight excluding hydrogens is 318 g/mol. The lowest BCUT2D eigenvalue weighted by atomic mass is 10.2. The van der Waals surface area contributed by atoms with Crippen LogP contribution in [0.4, 0.5) is 0 Å². The van der Waals surface area contributed by atoms with Crippen molar-refractivity contribution in [1.82, 2.24) is 14.9 Å². The van der Waals surface area contributed by atoms with E-state index in [4.69, 9.17) is 4.74 Å². The lowest BCUT2D eigenvalue weighted by molar-refractivity contribution is 0.407. The van der Waals surface area contributed by atoms with Crippen LogP contribution in [-0.2, 0) is 13.1 Å². The van der Waals surface area contributed by atoms with Gasteiger partial charge in [-0.2, -0.15) is 0 Å². The van der Waals surface area contributed by atoms with Gasteiger partial charge in [-0.3, -0.25) is 0 Å². The van der Waals surface area contributed by atoms with Gasteiger partial charge >= 0.3 is 0 Å². The van der Waals surface area contributed by atoms with Crippen molar-refractivity contribution in [2.75, 3.05) is 7.11 Å². The van der Waals surface area contributed by atoms with Crippen molar-refractivity contribution >= 4 is 15.9 Å². The largest absolute Gasteiger partial charge is 0.496 e. The third-order valence-electron chi connectivity index (χ3n) is 3.05. The highest BCUT2D eigenvalue weighted by molar-refractivity contribution is 9.10. The molecule has 1 heterocycles. The molecule has 0 aliphatic heterocycles. The number of benzene rings is 1. The Hall–Kier alpha value is -1.33. The molecule has 0 atom stereocenters. The first-order valence-corrected chi connectivity index (χ1v) is 7.45. The summed E-state index contributed by atoms with van der Waals surface area (Å²) in [6.07, 6.45) is 3.83. The van der Waals surface area contributed by atoms with Crippen LogP contribution in [0.5, 0.6) is 5.75 Å². The molecule has 20 heavy (non-hydrogen) atoms. The van der Waals surface area contributed by atoms with E-state index in [-0.39, 0.29) is 0 Å². The lowest BCUT2D eigenvalue weighted by Crippen LogP contribution is -2.24. The van der Waals surface area contributed by atoms with Crippen molar-refractivity contribution in [3.8, 4) is 5.75 Å². The maximum atomic E-state index is 5.42. The molecule has 2 aromatic rings. The van der Waals surface area contributed by atoms with Gasteiger partial charge in [0.2, 0.25) is 0 Å². The van der Waals surface area contributed by atoms with Crippen LogP contribution in [0.1, 0.15) is 25.2 Å². The predicted molar refractivity (Wildman–Crippen MR) is 84.0 cm³/mol. The van der Waals surface area contributed by atoms with Gasteiger partial charge in [-0.1, -0.05) is 29.8 Å².